The molecule has 0 aliphatic carbocycles. The van der Waals surface area contributed by atoms with Crippen molar-refractivity contribution in [3.63, 3.8) is 0 Å². The number of aromatic nitrogens is 5. The Kier molecular flexibility index (Phi) is 6.78. The van der Waals surface area contributed by atoms with E-state index in [0.717, 1.165) is 93.6 Å². The van der Waals surface area contributed by atoms with Crippen LogP contribution in [-0.2, 0) is 0 Å². The largest absolute Gasteiger partial charge is 0.307 e. The lowest BCUT2D eigenvalue weighted by Gasteiger charge is -2.23. The van der Waals surface area contributed by atoms with Gasteiger partial charge >= 0.3 is 0 Å². The lowest BCUT2D eigenvalue weighted by molar-refractivity contribution is 1.05. The van der Waals surface area contributed by atoms with Crippen LogP contribution in [0, 0.1) is 0 Å². The number of hydrogen-bond donors (Lipinski definition) is 0. The van der Waals surface area contributed by atoms with Gasteiger partial charge in [0.15, 0.2) is 5.82 Å². The summed E-state index contributed by atoms with van der Waals surface area (Å²) in [6.07, 6.45) is 0. The molecule has 4 aromatic heterocycles. The standard InChI is InChI=1S/C58H37N5/c1-3-19-38(20-4-1)47-37-48(60-58(59-47)39-21-5-2-6-22-39)40-35-55(61-49-29-13-7-23-41(49)42-24-8-14-30-50(42)61)57(63-53-33-17-11-27-45(53)46-28-12-18-34-54(46)63)56(36-40)62-51-31-15-9-25-43(51)44-26-10-16-32-52(44)62/h1-37H/i1D,3D,4D,19D,20D. The van der Waals surface area contributed by atoms with E-state index >= 15 is 0 Å². The van der Waals surface area contributed by atoms with Gasteiger partial charge < -0.3 is 13.7 Å². The summed E-state index contributed by atoms with van der Waals surface area (Å²) in [5, 5.41) is 6.68. The van der Waals surface area contributed by atoms with Crippen LogP contribution in [0.3, 0.4) is 0 Å². The molecule has 4 heterocycles. The third-order valence-electron chi connectivity index (χ3n) is 12.3. The molecule has 0 fully saturated rings. The molecule has 0 aliphatic rings. The quantitative estimate of drug-likeness (QED) is 0.168. The van der Waals surface area contributed by atoms with Crippen LogP contribution in [0.4, 0.5) is 0 Å². The second-order valence-corrected chi connectivity index (χ2v) is 15.8. The number of rotatable bonds is 6. The fourth-order valence-electron chi connectivity index (χ4n) is 9.67. The second kappa shape index (κ2) is 14.0. The van der Waals surface area contributed by atoms with E-state index in [-0.39, 0.29) is 23.3 Å². The van der Waals surface area contributed by atoms with Gasteiger partial charge in [0.05, 0.1) is 68.4 Å². The molecule has 13 rings (SSSR count). The molecule has 13 aromatic rings. The average molecular weight is 809 g/mol. The van der Waals surface area contributed by atoms with Crippen molar-refractivity contribution < 1.29 is 6.85 Å². The van der Waals surface area contributed by atoms with Crippen LogP contribution in [0.5, 0.6) is 0 Å². The Balaban J connectivity index is 1.26. The van der Waals surface area contributed by atoms with Gasteiger partial charge in [-0.15, -0.1) is 0 Å². The Hall–Kier alpha value is -8.54. The fraction of sp³-hybridized carbons (Fsp3) is 0. The Morgan fingerprint density at radius 2 is 0.667 bits per heavy atom. The van der Waals surface area contributed by atoms with Gasteiger partial charge in [0.1, 0.15) is 0 Å². The van der Waals surface area contributed by atoms with E-state index in [1.54, 1.807) is 6.07 Å². The first-order valence-corrected chi connectivity index (χ1v) is 21.0. The molecule has 0 N–H and O–H groups in total. The molecule has 9 aromatic carbocycles. The smallest absolute Gasteiger partial charge is 0.160 e. The van der Waals surface area contributed by atoms with Crippen LogP contribution >= 0.6 is 0 Å². The van der Waals surface area contributed by atoms with Crippen LogP contribution in [0.2, 0.25) is 0 Å². The topological polar surface area (TPSA) is 40.6 Å². The van der Waals surface area contributed by atoms with Crippen LogP contribution in [0.1, 0.15) is 6.85 Å². The van der Waals surface area contributed by atoms with Gasteiger partial charge in [-0.05, 0) is 54.6 Å². The number of nitrogens with zero attached hydrogens (tertiary/aromatic N) is 5. The third-order valence-corrected chi connectivity index (χ3v) is 12.3. The van der Waals surface area contributed by atoms with E-state index in [9.17, 15) is 0 Å². The summed E-state index contributed by atoms with van der Waals surface area (Å²) in [5.41, 5.74) is 11.1. The maximum atomic E-state index is 9.08. The molecule has 0 amide bonds. The monoisotopic (exact) mass is 808 g/mol. The fourth-order valence-corrected chi connectivity index (χ4v) is 9.67. The molecule has 0 bridgehead atoms. The van der Waals surface area contributed by atoms with Crippen LogP contribution in [0.25, 0.3) is 116 Å². The molecule has 0 aliphatic heterocycles. The zero-order valence-corrected chi connectivity index (χ0v) is 33.7. The van der Waals surface area contributed by atoms with Gasteiger partial charge in [0, 0.05) is 49.0 Å². The van der Waals surface area contributed by atoms with Gasteiger partial charge in [-0.1, -0.05) is 170 Å². The van der Waals surface area contributed by atoms with Crippen molar-refractivity contribution in [1.82, 2.24) is 23.7 Å². The highest BCUT2D eigenvalue weighted by Crippen LogP contribution is 2.45. The van der Waals surface area contributed by atoms with E-state index in [4.69, 9.17) is 16.8 Å². The van der Waals surface area contributed by atoms with Crippen molar-refractivity contribution in [3.05, 3.63) is 224 Å². The number of fused-ring (bicyclic) bond motifs is 9. The van der Waals surface area contributed by atoms with Gasteiger partial charge in [-0.25, -0.2) is 9.97 Å². The van der Waals surface area contributed by atoms with Crippen molar-refractivity contribution >= 4 is 65.4 Å². The molecule has 63 heavy (non-hydrogen) atoms. The molecule has 5 heteroatoms. The molecule has 0 atom stereocenters. The molecule has 0 radical (unpaired) electrons. The highest BCUT2D eigenvalue weighted by atomic mass is 15.1. The Bertz CT molecular complexity index is 3900. The molecule has 0 saturated heterocycles. The highest BCUT2D eigenvalue weighted by Gasteiger charge is 2.26. The third kappa shape index (κ3) is 5.43. The van der Waals surface area contributed by atoms with Crippen molar-refractivity contribution in [2.24, 2.45) is 0 Å². The van der Waals surface area contributed by atoms with Gasteiger partial charge in [0.2, 0.25) is 0 Å². The van der Waals surface area contributed by atoms with E-state index in [1.165, 1.54) is 0 Å². The van der Waals surface area contributed by atoms with Crippen LogP contribution < -0.4 is 0 Å². The molecule has 294 valence electrons. The van der Waals surface area contributed by atoms with Crippen LogP contribution in [0.15, 0.2) is 224 Å². The van der Waals surface area contributed by atoms with Gasteiger partial charge in [0.25, 0.3) is 0 Å². The minimum absolute atomic E-state index is 0.00368. The summed E-state index contributed by atoms with van der Waals surface area (Å²) in [5.74, 6) is 0.355. The summed E-state index contributed by atoms with van der Waals surface area (Å²) in [4.78, 5) is 10.3. The number of para-hydroxylation sites is 6. The lowest BCUT2D eigenvalue weighted by Crippen LogP contribution is -2.10. The second-order valence-electron chi connectivity index (χ2n) is 15.8. The van der Waals surface area contributed by atoms with E-state index < -0.39 is 18.1 Å². The van der Waals surface area contributed by atoms with Crippen molar-refractivity contribution in [1.29, 1.82) is 0 Å². The maximum Gasteiger partial charge on any atom is 0.160 e. The molecule has 5 nitrogen and oxygen atoms in total. The Morgan fingerprint density at radius 1 is 0.317 bits per heavy atom. The first kappa shape index (κ1) is 30.5. The minimum atomic E-state index is -0.464. The molecular weight excluding hydrogens is 767 g/mol. The van der Waals surface area contributed by atoms with Gasteiger partial charge in [-0.2, -0.15) is 0 Å². The number of benzene rings is 9. The zero-order chi connectivity index (χ0) is 45.8. The van der Waals surface area contributed by atoms with Crippen molar-refractivity contribution in [2.75, 3.05) is 0 Å². The zero-order valence-electron chi connectivity index (χ0n) is 38.7. The maximum absolute atomic E-state index is 9.08. The first-order valence-electron chi connectivity index (χ1n) is 23.5. The summed E-state index contributed by atoms with van der Waals surface area (Å²) in [6, 6.07) is 64.9. The van der Waals surface area contributed by atoms with E-state index in [1.807, 2.05) is 30.3 Å². The lowest BCUT2D eigenvalue weighted by atomic mass is 10.0. The van der Waals surface area contributed by atoms with Crippen molar-refractivity contribution in [3.8, 4) is 51.0 Å². The van der Waals surface area contributed by atoms with Crippen molar-refractivity contribution in [2.45, 2.75) is 0 Å². The Labute approximate surface area is 370 Å². The summed E-state index contributed by atoms with van der Waals surface area (Å²) in [7, 11) is 0. The summed E-state index contributed by atoms with van der Waals surface area (Å²) in [6.45, 7) is 0. The molecular formula is C58H37N5. The Morgan fingerprint density at radius 3 is 1.08 bits per heavy atom. The molecule has 0 saturated carbocycles. The van der Waals surface area contributed by atoms with Crippen LogP contribution in [-0.4, -0.2) is 23.7 Å². The molecule has 0 unspecified atom stereocenters. The van der Waals surface area contributed by atoms with E-state index in [0.29, 0.717) is 11.5 Å². The highest BCUT2D eigenvalue weighted by molar-refractivity contribution is 6.14. The molecule has 0 spiro atoms. The summed E-state index contributed by atoms with van der Waals surface area (Å²) < 4.78 is 51.0. The SMILES string of the molecule is [2H]c1c([2H])c([2H])c(-c2cc(-c3cc(-n4c5ccccc5c5ccccc54)c(-n4c5ccccc5c5ccccc54)c(-n4c5ccccc5c5ccccc54)c3)nc(-c3ccccc3)n2)c([2H])c1[2H]. The normalized spacial score (nSPS) is 12.9. The summed E-state index contributed by atoms with van der Waals surface area (Å²) >= 11 is 0. The predicted octanol–water partition coefficient (Wildman–Crippen LogP) is 14.8. The minimum Gasteiger partial charge on any atom is -0.307 e. The first-order chi connectivity index (χ1) is 33.4. The number of hydrogen-bond acceptors (Lipinski definition) is 2. The van der Waals surface area contributed by atoms with Gasteiger partial charge in [-0.3, -0.25) is 0 Å². The van der Waals surface area contributed by atoms with E-state index in [2.05, 4.69) is 171 Å². The predicted molar refractivity (Wildman–Crippen MR) is 261 cm³/mol. The average Bonchev–Trinajstić information content (AvgIpc) is 4.03.